The zero-order chi connectivity index (χ0) is 11.7. The van der Waals surface area contributed by atoms with Crippen molar-refractivity contribution in [3.05, 3.63) is 57.0 Å². The summed E-state index contributed by atoms with van der Waals surface area (Å²) in [6, 6.07) is 8.93. The summed E-state index contributed by atoms with van der Waals surface area (Å²) in [7, 11) is 0. The van der Waals surface area contributed by atoms with Crippen LogP contribution in [0.5, 0.6) is 0 Å². The Bertz CT molecular complexity index is 449. The van der Waals surface area contributed by atoms with Gasteiger partial charge in [0.1, 0.15) is 11.6 Å². The Hall–Kier alpha value is -0.740. The van der Waals surface area contributed by atoms with E-state index in [9.17, 15) is 8.78 Å². The second-order valence-corrected chi connectivity index (χ2v) is 5.15. The van der Waals surface area contributed by atoms with Gasteiger partial charge < -0.3 is 0 Å². The van der Waals surface area contributed by atoms with E-state index in [1.165, 1.54) is 12.1 Å². The molecule has 0 amide bonds. The minimum atomic E-state index is -0.578. The van der Waals surface area contributed by atoms with E-state index in [-0.39, 0.29) is 0 Å². The van der Waals surface area contributed by atoms with Gasteiger partial charge in [0.15, 0.2) is 0 Å². The van der Waals surface area contributed by atoms with Gasteiger partial charge in [-0.15, -0.1) is 0 Å². The zero-order valence-corrected chi connectivity index (χ0v) is 11.1. The van der Waals surface area contributed by atoms with E-state index in [1.807, 2.05) is 6.07 Å². The fourth-order valence-corrected chi connectivity index (χ4v) is 2.73. The average molecular weight is 348 g/mol. The molecule has 0 atom stereocenters. The molecule has 0 aliphatic heterocycles. The van der Waals surface area contributed by atoms with Crippen LogP contribution in [-0.2, 0) is 0 Å². The number of halogens is 4. The highest BCUT2D eigenvalue weighted by Gasteiger charge is 2.05. The van der Waals surface area contributed by atoms with Crippen molar-refractivity contribution in [1.82, 2.24) is 0 Å². The standard InChI is InChI=1S/C12H6Br2F2/c13-9-1-7(2-10(14)5-9)8-3-11(15)6-12(16)4-8/h1-6H. The molecule has 0 bridgehead atoms. The number of benzene rings is 2. The third kappa shape index (κ3) is 2.68. The van der Waals surface area contributed by atoms with Gasteiger partial charge in [-0.25, -0.2) is 8.78 Å². The van der Waals surface area contributed by atoms with Crippen LogP contribution in [0.4, 0.5) is 8.78 Å². The monoisotopic (exact) mass is 346 g/mol. The summed E-state index contributed by atoms with van der Waals surface area (Å²) in [5.41, 5.74) is 1.26. The van der Waals surface area contributed by atoms with Gasteiger partial charge in [0.2, 0.25) is 0 Å². The van der Waals surface area contributed by atoms with Crippen molar-refractivity contribution in [2.75, 3.05) is 0 Å². The van der Waals surface area contributed by atoms with Gasteiger partial charge in [-0.1, -0.05) is 31.9 Å². The lowest BCUT2D eigenvalue weighted by atomic mass is 10.1. The number of rotatable bonds is 1. The Balaban J connectivity index is 2.57. The maximum absolute atomic E-state index is 13.1. The van der Waals surface area contributed by atoms with Gasteiger partial charge in [0.05, 0.1) is 0 Å². The molecule has 0 saturated heterocycles. The minimum absolute atomic E-state index is 0.513. The zero-order valence-electron chi connectivity index (χ0n) is 7.98. The molecule has 0 nitrogen and oxygen atoms in total. The molecule has 0 radical (unpaired) electrons. The van der Waals surface area contributed by atoms with Crippen LogP contribution in [0.25, 0.3) is 11.1 Å². The number of hydrogen-bond donors (Lipinski definition) is 0. The van der Waals surface area contributed by atoms with E-state index in [0.717, 1.165) is 20.6 Å². The van der Waals surface area contributed by atoms with Crippen molar-refractivity contribution in [3.63, 3.8) is 0 Å². The maximum Gasteiger partial charge on any atom is 0.126 e. The van der Waals surface area contributed by atoms with E-state index in [1.54, 1.807) is 12.1 Å². The smallest absolute Gasteiger partial charge is 0.126 e. The molecule has 16 heavy (non-hydrogen) atoms. The van der Waals surface area contributed by atoms with Crippen LogP contribution < -0.4 is 0 Å². The van der Waals surface area contributed by atoms with E-state index in [2.05, 4.69) is 31.9 Å². The lowest BCUT2D eigenvalue weighted by Gasteiger charge is -2.04. The highest BCUT2D eigenvalue weighted by molar-refractivity contribution is 9.11. The molecule has 0 fully saturated rings. The van der Waals surface area contributed by atoms with Crippen LogP contribution in [0, 0.1) is 11.6 Å². The van der Waals surface area contributed by atoms with Crippen molar-refractivity contribution >= 4 is 31.9 Å². The van der Waals surface area contributed by atoms with E-state index in [4.69, 9.17) is 0 Å². The second kappa shape index (κ2) is 4.63. The van der Waals surface area contributed by atoms with E-state index in [0.29, 0.717) is 5.56 Å². The first kappa shape index (κ1) is 11.7. The first-order valence-electron chi connectivity index (χ1n) is 4.47. The van der Waals surface area contributed by atoms with Crippen molar-refractivity contribution in [2.45, 2.75) is 0 Å². The van der Waals surface area contributed by atoms with Crippen LogP contribution in [0.2, 0.25) is 0 Å². The first-order valence-corrected chi connectivity index (χ1v) is 6.06. The van der Waals surface area contributed by atoms with E-state index < -0.39 is 11.6 Å². The van der Waals surface area contributed by atoms with Crippen LogP contribution in [0.3, 0.4) is 0 Å². The molecule has 2 aromatic rings. The van der Waals surface area contributed by atoms with E-state index >= 15 is 0 Å². The summed E-state index contributed by atoms with van der Waals surface area (Å²) < 4.78 is 27.8. The third-order valence-electron chi connectivity index (χ3n) is 2.06. The second-order valence-electron chi connectivity index (χ2n) is 3.32. The first-order chi connectivity index (χ1) is 7.54. The predicted octanol–water partition coefficient (Wildman–Crippen LogP) is 5.16. The van der Waals surface area contributed by atoms with Crippen LogP contribution in [0.1, 0.15) is 0 Å². The molecular formula is C12H6Br2F2. The molecule has 2 rings (SSSR count). The summed E-state index contributed by atoms with van der Waals surface area (Å²) in [6.07, 6.45) is 0. The van der Waals surface area contributed by atoms with Gasteiger partial charge in [-0.2, -0.15) is 0 Å². The summed E-state index contributed by atoms with van der Waals surface area (Å²) in [6.45, 7) is 0. The van der Waals surface area contributed by atoms with Crippen molar-refractivity contribution in [3.8, 4) is 11.1 Å². The topological polar surface area (TPSA) is 0 Å². The molecule has 0 N–H and O–H groups in total. The van der Waals surface area contributed by atoms with Crippen molar-refractivity contribution < 1.29 is 8.78 Å². The van der Waals surface area contributed by atoms with Crippen LogP contribution in [0.15, 0.2) is 45.3 Å². The van der Waals surface area contributed by atoms with Crippen molar-refractivity contribution in [1.29, 1.82) is 0 Å². The predicted molar refractivity (Wildman–Crippen MR) is 67.2 cm³/mol. The lowest BCUT2D eigenvalue weighted by Crippen LogP contribution is -1.84. The molecule has 0 unspecified atom stereocenters. The Morgan fingerprint density at radius 1 is 0.625 bits per heavy atom. The maximum atomic E-state index is 13.1. The highest BCUT2D eigenvalue weighted by atomic mass is 79.9. The number of hydrogen-bond acceptors (Lipinski definition) is 0. The van der Waals surface area contributed by atoms with Crippen LogP contribution >= 0.6 is 31.9 Å². The fourth-order valence-electron chi connectivity index (χ4n) is 1.44. The van der Waals surface area contributed by atoms with Crippen LogP contribution in [-0.4, -0.2) is 0 Å². The van der Waals surface area contributed by atoms with Gasteiger partial charge >= 0.3 is 0 Å². The quantitative estimate of drug-likeness (QED) is 0.668. The van der Waals surface area contributed by atoms with Gasteiger partial charge in [0, 0.05) is 15.0 Å². The Morgan fingerprint density at radius 2 is 1.06 bits per heavy atom. The third-order valence-corrected chi connectivity index (χ3v) is 2.97. The van der Waals surface area contributed by atoms with Crippen molar-refractivity contribution in [2.24, 2.45) is 0 Å². The summed E-state index contributed by atoms with van der Waals surface area (Å²) in [5, 5.41) is 0. The molecule has 0 spiro atoms. The Labute approximate surface area is 109 Å². The van der Waals surface area contributed by atoms with Gasteiger partial charge in [-0.3, -0.25) is 0 Å². The van der Waals surface area contributed by atoms with Gasteiger partial charge in [-0.05, 0) is 41.5 Å². The van der Waals surface area contributed by atoms with Gasteiger partial charge in [0.25, 0.3) is 0 Å². The molecule has 0 aromatic heterocycles. The molecular weight excluding hydrogens is 342 g/mol. The normalized spacial score (nSPS) is 10.5. The molecule has 82 valence electrons. The molecule has 0 aliphatic rings. The fraction of sp³-hybridized carbons (Fsp3) is 0. The molecule has 4 heteroatoms. The summed E-state index contributed by atoms with van der Waals surface area (Å²) >= 11 is 6.66. The highest BCUT2D eigenvalue weighted by Crippen LogP contribution is 2.28. The SMILES string of the molecule is Fc1cc(F)cc(-c2cc(Br)cc(Br)c2)c1. The summed E-state index contributed by atoms with van der Waals surface area (Å²) in [5.74, 6) is -1.16. The molecule has 0 saturated carbocycles. The Kier molecular flexibility index (Phi) is 3.40. The molecule has 0 heterocycles. The largest absolute Gasteiger partial charge is 0.207 e. The summed E-state index contributed by atoms with van der Waals surface area (Å²) in [4.78, 5) is 0. The Morgan fingerprint density at radius 3 is 1.56 bits per heavy atom. The molecule has 2 aromatic carbocycles. The lowest BCUT2D eigenvalue weighted by molar-refractivity contribution is 0.584. The minimum Gasteiger partial charge on any atom is -0.207 e. The molecule has 0 aliphatic carbocycles. The average Bonchev–Trinajstić information content (AvgIpc) is 2.14.